The lowest BCUT2D eigenvalue weighted by atomic mass is 10.2. The molecule has 35 heavy (non-hydrogen) atoms. The average Bonchev–Trinajstić information content (AvgIpc) is 3.38. The van der Waals surface area contributed by atoms with Crippen molar-refractivity contribution in [1.82, 2.24) is 0 Å². The maximum atomic E-state index is 13.9. The Bertz CT molecular complexity index is 1320. The van der Waals surface area contributed by atoms with Gasteiger partial charge in [0.25, 0.3) is 5.91 Å². The standard InChI is InChI=1S/C26H20ClN3O3S2/c1-2-33-25(32)23-28-30(21-15-13-19(27)14-16-21)26(35-23)29(20-11-7-4-8-12-20)24(31)22(34-26)17-18-9-5-3-6-10-18/h3-17H,2H2,1H3/b22-17-. The van der Waals surface area contributed by atoms with Crippen LogP contribution in [0.2, 0.25) is 5.02 Å². The third-order valence-electron chi connectivity index (χ3n) is 5.26. The Kier molecular flexibility index (Phi) is 6.60. The van der Waals surface area contributed by atoms with Crippen LogP contribution in [0.1, 0.15) is 12.5 Å². The van der Waals surface area contributed by atoms with Gasteiger partial charge in [0.05, 0.1) is 17.2 Å². The summed E-state index contributed by atoms with van der Waals surface area (Å²) >= 11 is 8.67. The van der Waals surface area contributed by atoms with Gasteiger partial charge < -0.3 is 4.74 Å². The molecular formula is C26H20ClN3O3S2. The Labute approximate surface area is 216 Å². The largest absolute Gasteiger partial charge is 0.461 e. The number of benzene rings is 3. The fourth-order valence-electron chi connectivity index (χ4n) is 3.75. The molecule has 1 amide bonds. The minimum Gasteiger partial charge on any atom is -0.461 e. The molecule has 1 saturated heterocycles. The van der Waals surface area contributed by atoms with Gasteiger partial charge in [0.15, 0.2) is 0 Å². The molecule has 176 valence electrons. The molecule has 5 rings (SSSR count). The van der Waals surface area contributed by atoms with Gasteiger partial charge in [-0.3, -0.25) is 9.69 Å². The fourth-order valence-corrected chi connectivity index (χ4v) is 6.75. The van der Waals surface area contributed by atoms with Gasteiger partial charge in [-0.15, -0.1) is 0 Å². The summed E-state index contributed by atoms with van der Waals surface area (Å²) < 4.78 is 4.14. The van der Waals surface area contributed by atoms with Crippen molar-refractivity contribution in [3.8, 4) is 0 Å². The van der Waals surface area contributed by atoms with E-state index in [2.05, 4.69) is 5.10 Å². The highest BCUT2D eigenvalue weighted by atomic mass is 35.5. The topological polar surface area (TPSA) is 62.2 Å². The lowest BCUT2D eigenvalue weighted by molar-refractivity contribution is -0.134. The molecule has 1 atom stereocenters. The highest BCUT2D eigenvalue weighted by molar-refractivity contribution is 8.29. The Morgan fingerprint density at radius 1 is 0.971 bits per heavy atom. The predicted molar refractivity (Wildman–Crippen MR) is 144 cm³/mol. The fraction of sp³-hybridized carbons (Fsp3) is 0.115. The first-order chi connectivity index (χ1) is 17.0. The molecule has 6 nitrogen and oxygen atoms in total. The quantitative estimate of drug-likeness (QED) is 0.294. The van der Waals surface area contributed by atoms with Crippen LogP contribution in [-0.2, 0) is 14.3 Å². The number of nitrogens with zero attached hydrogens (tertiary/aromatic N) is 3. The number of carbonyl (C=O) groups excluding carboxylic acids is 2. The molecule has 1 unspecified atom stereocenters. The zero-order valence-corrected chi connectivity index (χ0v) is 21.0. The van der Waals surface area contributed by atoms with E-state index in [1.165, 1.54) is 23.5 Å². The number of esters is 1. The molecule has 0 radical (unpaired) electrons. The second-order valence-electron chi connectivity index (χ2n) is 7.56. The monoisotopic (exact) mass is 521 g/mol. The van der Waals surface area contributed by atoms with E-state index < -0.39 is 10.3 Å². The second-order valence-corrected chi connectivity index (χ2v) is 10.6. The molecule has 2 aliphatic heterocycles. The van der Waals surface area contributed by atoms with E-state index in [0.29, 0.717) is 21.3 Å². The van der Waals surface area contributed by atoms with E-state index in [4.69, 9.17) is 16.3 Å². The molecule has 1 fully saturated rings. The van der Waals surface area contributed by atoms with Gasteiger partial charge in [0, 0.05) is 10.7 Å². The van der Waals surface area contributed by atoms with Gasteiger partial charge in [0.2, 0.25) is 9.37 Å². The summed E-state index contributed by atoms with van der Waals surface area (Å²) in [4.78, 5) is 28.9. The minimum atomic E-state index is -1.12. The van der Waals surface area contributed by atoms with E-state index in [1.54, 1.807) is 29.0 Å². The van der Waals surface area contributed by atoms with Crippen molar-refractivity contribution in [3.05, 3.63) is 100 Å². The zero-order chi connectivity index (χ0) is 24.4. The van der Waals surface area contributed by atoms with Crippen LogP contribution in [0.15, 0.2) is 94.9 Å². The first kappa shape index (κ1) is 23.5. The Morgan fingerprint density at radius 2 is 1.63 bits per heavy atom. The van der Waals surface area contributed by atoms with Crippen LogP contribution < -0.4 is 9.91 Å². The first-order valence-corrected chi connectivity index (χ1v) is 12.9. The zero-order valence-electron chi connectivity index (χ0n) is 18.6. The summed E-state index contributed by atoms with van der Waals surface area (Å²) in [6, 6.07) is 26.2. The number of thioether (sulfide) groups is 2. The number of rotatable bonds is 5. The van der Waals surface area contributed by atoms with Gasteiger partial charge >= 0.3 is 5.97 Å². The Morgan fingerprint density at radius 3 is 2.29 bits per heavy atom. The van der Waals surface area contributed by atoms with Crippen LogP contribution in [0.4, 0.5) is 11.4 Å². The van der Waals surface area contributed by atoms with Crippen molar-refractivity contribution in [2.75, 3.05) is 16.5 Å². The van der Waals surface area contributed by atoms with Gasteiger partial charge in [-0.1, -0.05) is 71.9 Å². The number of ether oxygens (including phenoxy) is 1. The highest BCUT2D eigenvalue weighted by Gasteiger charge is 2.60. The van der Waals surface area contributed by atoms with E-state index in [0.717, 1.165) is 5.56 Å². The number of amides is 1. The Hall–Kier alpha value is -3.20. The Balaban J connectivity index is 1.67. The maximum absolute atomic E-state index is 13.9. The number of para-hydroxylation sites is 1. The molecule has 2 heterocycles. The summed E-state index contributed by atoms with van der Waals surface area (Å²) in [5.74, 6) is -0.716. The lowest BCUT2D eigenvalue weighted by Crippen LogP contribution is -2.51. The number of carbonyl (C=O) groups is 2. The van der Waals surface area contributed by atoms with Crippen LogP contribution in [-0.4, -0.2) is 27.9 Å². The van der Waals surface area contributed by atoms with Crippen LogP contribution >= 0.6 is 35.1 Å². The second kappa shape index (κ2) is 9.81. The molecule has 3 aromatic rings. The van der Waals surface area contributed by atoms with Crippen molar-refractivity contribution in [2.24, 2.45) is 5.10 Å². The summed E-state index contributed by atoms with van der Waals surface area (Å²) in [5, 5.41) is 7.09. The average molecular weight is 522 g/mol. The molecule has 9 heteroatoms. The van der Waals surface area contributed by atoms with Crippen molar-refractivity contribution in [1.29, 1.82) is 0 Å². The van der Waals surface area contributed by atoms with Crippen molar-refractivity contribution < 1.29 is 14.3 Å². The normalized spacial score (nSPS) is 20.6. The SMILES string of the molecule is CCOC(=O)C1=NN(c2ccc(Cl)cc2)C2(S1)S/C(=C\c1ccccc1)C(=O)N2c1ccccc1. The van der Waals surface area contributed by atoms with Crippen LogP contribution in [0.5, 0.6) is 0 Å². The van der Waals surface area contributed by atoms with E-state index >= 15 is 0 Å². The molecule has 0 saturated carbocycles. The summed E-state index contributed by atoms with van der Waals surface area (Å²) in [7, 11) is 0. The number of hydrazone groups is 1. The molecular weight excluding hydrogens is 502 g/mol. The molecule has 2 aliphatic rings. The van der Waals surface area contributed by atoms with Crippen molar-refractivity contribution in [3.63, 3.8) is 0 Å². The molecule has 3 aromatic carbocycles. The van der Waals surface area contributed by atoms with E-state index in [-0.39, 0.29) is 17.6 Å². The molecule has 0 N–H and O–H groups in total. The van der Waals surface area contributed by atoms with Crippen LogP contribution in [0.3, 0.4) is 0 Å². The van der Waals surface area contributed by atoms with Crippen molar-refractivity contribution in [2.45, 2.75) is 11.3 Å². The number of hydrogen-bond donors (Lipinski definition) is 0. The molecule has 1 spiro atoms. The van der Waals surface area contributed by atoms with Crippen LogP contribution in [0, 0.1) is 0 Å². The maximum Gasteiger partial charge on any atom is 0.365 e. The minimum absolute atomic E-state index is 0.170. The first-order valence-electron chi connectivity index (χ1n) is 10.9. The lowest BCUT2D eigenvalue weighted by Gasteiger charge is -2.38. The van der Waals surface area contributed by atoms with Gasteiger partial charge in [-0.25, -0.2) is 9.80 Å². The smallest absolute Gasteiger partial charge is 0.365 e. The molecule has 0 aromatic heterocycles. The summed E-state index contributed by atoms with van der Waals surface area (Å²) in [6.45, 7) is 1.97. The number of hydrogen-bond acceptors (Lipinski definition) is 7. The number of anilines is 2. The number of halogens is 1. The molecule has 0 aliphatic carbocycles. The van der Waals surface area contributed by atoms with Gasteiger partial charge in [-0.05, 0) is 66.7 Å². The molecule has 0 bridgehead atoms. The van der Waals surface area contributed by atoms with E-state index in [1.807, 2.05) is 78.9 Å². The van der Waals surface area contributed by atoms with Crippen LogP contribution in [0.25, 0.3) is 6.08 Å². The highest BCUT2D eigenvalue weighted by Crippen LogP contribution is 2.59. The van der Waals surface area contributed by atoms with Crippen molar-refractivity contribution >= 4 is 69.5 Å². The third kappa shape index (κ3) is 4.45. The predicted octanol–water partition coefficient (Wildman–Crippen LogP) is 6.20. The van der Waals surface area contributed by atoms with E-state index in [9.17, 15) is 9.59 Å². The third-order valence-corrected chi connectivity index (χ3v) is 8.21. The summed E-state index contributed by atoms with van der Waals surface area (Å²) in [6.07, 6.45) is 1.86. The van der Waals surface area contributed by atoms with Gasteiger partial charge in [0.1, 0.15) is 0 Å². The summed E-state index contributed by atoms with van der Waals surface area (Å²) in [5.41, 5.74) is 2.28. The van der Waals surface area contributed by atoms with Gasteiger partial charge in [-0.2, -0.15) is 5.10 Å².